The van der Waals surface area contributed by atoms with Crippen LogP contribution in [-0.2, 0) is 14.5 Å². The van der Waals surface area contributed by atoms with Crippen molar-refractivity contribution in [3.63, 3.8) is 0 Å². The number of benzene rings is 1. The van der Waals surface area contributed by atoms with Gasteiger partial charge in [-0.2, -0.15) is 4.89 Å². The molecule has 3 aliphatic rings. The number of ether oxygens (including phenoxy) is 1. The average Bonchev–Trinajstić information content (AvgIpc) is 3.16. The van der Waals surface area contributed by atoms with Crippen LogP contribution in [0.1, 0.15) is 50.5 Å². The summed E-state index contributed by atoms with van der Waals surface area (Å²) in [5.41, 5.74) is 2.57. The number of fused-ring (bicyclic) bond motifs is 1. The van der Waals surface area contributed by atoms with Gasteiger partial charge in [-0.05, 0) is 43.2 Å². The van der Waals surface area contributed by atoms with E-state index in [-0.39, 0.29) is 12.2 Å². The van der Waals surface area contributed by atoms with Gasteiger partial charge in [-0.25, -0.2) is 4.89 Å². The average molecular weight is 286 g/mol. The predicted molar refractivity (Wildman–Crippen MR) is 80.0 cm³/mol. The Kier molecular flexibility index (Phi) is 3.37. The quantitative estimate of drug-likeness (QED) is 0.714. The molecule has 1 atom stereocenters. The minimum atomic E-state index is -0.641. The van der Waals surface area contributed by atoms with Crippen molar-refractivity contribution >= 4 is 6.08 Å². The second kappa shape index (κ2) is 5.24. The molecule has 3 fully saturated rings. The minimum Gasteiger partial charge on any atom is -0.313 e. The van der Waals surface area contributed by atoms with Crippen LogP contribution < -0.4 is 0 Å². The Morgan fingerprint density at radius 3 is 2.43 bits per heavy atom. The maximum Gasteiger partial charge on any atom is 0.231 e. The fourth-order valence-corrected chi connectivity index (χ4v) is 4.46. The molecule has 0 bridgehead atoms. The lowest BCUT2D eigenvalue weighted by Gasteiger charge is -2.47. The standard InChI is InChI=1S/C18H22O3/c1-2-7-15(8-3-1)13-16-9-6-12-17(10-4-5-11-17)18(16)19-14-20-21-18/h1-3,7-8,13H,4-6,9-12,14H2/b16-13+. The van der Waals surface area contributed by atoms with E-state index < -0.39 is 5.79 Å². The van der Waals surface area contributed by atoms with E-state index in [2.05, 4.69) is 30.3 Å². The smallest absolute Gasteiger partial charge is 0.231 e. The van der Waals surface area contributed by atoms with Gasteiger partial charge in [0.05, 0.1) is 0 Å². The van der Waals surface area contributed by atoms with Crippen LogP contribution in [0.15, 0.2) is 35.9 Å². The van der Waals surface area contributed by atoms with Crippen LogP contribution in [0.5, 0.6) is 0 Å². The van der Waals surface area contributed by atoms with Crippen LogP contribution in [0.4, 0.5) is 0 Å². The Bertz CT molecular complexity index is 523. The zero-order chi connectivity index (χ0) is 14.2. The second-order valence-corrected chi connectivity index (χ2v) is 6.50. The first-order chi connectivity index (χ1) is 10.3. The first-order valence-corrected chi connectivity index (χ1v) is 8.05. The van der Waals surface area contributed by atoms with E-state index in [1.165, 1.54) is 49.7 Å². The Hall–Kier alpha value is -1.16. The molecule has 1 aliphatic heterocycles. The lowest BCUT2D eigenvalue weighted by molar-refractivity contribution is -0.345. The molecule has 1 unspecified atom stereocenters. The van der Waals surface area contributed by atoms with Crippen molar-refractivity contribution in [3.05, 3.63) is 41.5 Å². The van der Waals surface area contributed by atoms with Crippen molar-refractivity contribution in [2.24, 2.45) is 5.41 Å². The molecule has 0 N–H and O–H groups in total. The van der Waals surface area contributed by atoms with Crippen molar-refractivity contribution in [1.82, 2.24) is 0 Å². The van der Waals surface area contributed by atoms with Crippen molar-refractivity contribution in [2.75, 3.05) is 6.79 Å². The van der Waals surface area contributed by atoms with Crippen LogP contribution in [0, 0.1) is 5.41 Å². The van der Waals surface area contributed by atoms with Crippen molar-refractivity contribution in [2.45, 2.75) is 50.7 Å². The highest BCUT2D eigenvalue weighted by atomic mass is 17.3. The van der Waals surface area contributed by atoms with Gasteiger partial charge in [0.2, 0.25) is 5.79 Å². The van der Waals surface area contributed by atoms with Gasteiger partial charge in [0, 0.05) is 5.41 Å². The van der Waals surface area contributed by atoms with E-state index in [1.807, 2.05) is 6.07 Å². The molecule has 0 radical (unpaired) electrons. The molecule has 0 amide bonds. The number of hydrogen-bond donors (Lipinski definition) is 0. The van der Waals surface area contributed by atoms with Crippen LogP contribution in [0.25, 0.3) is 6.08 Å². The normalized spacial score (nSPS) is 33.2. The summed E-state index contributed by atoms with van der Waals surface area (Å²) >= 11 is 0. The Morgan fingerprint density at radius 2 is 1.71 bits per heavy atom. The van der Waals surface area contributed by atoms with Gasteiger partial charge < -0.3 is 4.74 Å². The van der Waals surface area contributed by atoms with Crippen molar-refractivity contribution < 1.29 is 14.5 Å². The zero-order valence-electron chi connectivity index (χ0n) is 12.3. The molecule has 4 rings (SSSR count). The van der Waals surface area contributed by atoms with E-state index in [9.17, 15) is 0 Å². The molecule has 2 aliphatic carbocycles. The zero-order valence-corrected chi connectivity index (χ0v) is 12.3. The molecule has 21 heavy (non-hydrogen) atoms. The third-order valence-corrected chi connectivity index (χ3v) is 5.41. The largest absolute Gasteiger partial charge is 0.313 e. The summed E-state index contributed by atoms with van der Waals surface area (Å²) in [5, 5.41) is 0. The molecule has 2 spiro atoms. The molecule has 1 saturated heterocycles. The Balaban J connectivity index is 1.77. The van der Waals surface area contributed by atoms with Gasteiger partial charge in [0.25, 0.3) is 0 Å². The monoisotopic (exact) mass is 286 g/mol. The SMILES string of the molecule is C(=C1/CCCC2(CCCC2)C12OCOO2)/c1ccccc1. The summed E-state index contributed by atoms with van der Waals surface area (Å²) in [4.78, 5) is 11.0. The summed E-state index contributed by atoms with van der Waals surface area (Å²) in [6, 6.07) is 10.4. The highest BCUT2D eigenvalue weighted by Gasteiger charge is 2.61. The molecular weight excluding hydrogens is 264 g/mol. The van der Waals surface area contributed by atoms with E-state index >= 15 is 0 Å². The Labute approximate surface area is 125 Å². The second-order valence-electron chi connectivity index (χ2n) is 6.50. The van der Waals surface area contributed by atoms with Crippen LogP contribution in [0.2, 0.25) is 0 Å². The van der Waals surface area contributed by atoms with Crippen molar-refractivity contribution in [3.8, 4) is 0 Å². The number of rotatable bonds is 1. The third-order valence-electron chi connectivity index (χ3n) is 5.41. The van der Waals surface area contributed by atoms with Gasteiger partial charge in [0.1, 0.15) is 0 Å². The predicted octanol–water partition coefficient (Wildman–Crippen LogP) is 4.45. The highest BCUT2D eigenvalue weighted by molar-refractivity contribution is 5.55. The van der Waals surface area contributed by atoms with Crippen LogP contribution in [-0.4, -0.2) is 12.6 Å². The molecular formula is C18H22O3. The van der Waals surface area contributed by atoms with Gasteiger partial charge >= 0.3 is 0 Å². The van der Waals surface area contributed by atoms with Gasteiger partial charge in [-0.1, -0.05) is 49.2 Å². The van der Waals surface area contributed by atoms with E-state index in [1.54, 1.807) is 0 Å². The summed E-state index contributed by atoms with van der Waals surface area (Å²) < 4.78 is 6.09. The third kappa shape index (κ3) is 2.07. The van der Waals surface area contributed by atoms with E-state index in [0.717, 1.165) is 6.42 Å². The van der Waals surface area contributed by atoms with E-state index in [4.69, 9.17) is 14.5 Å². The Morgan fingerprint density at radius 1 is 0.952 bits per heavy atom. The first kappa shape index (κ1) is 13.5. The van der Waals surface area contributed by atoms with Crippen LogP contribution >= 0.6 is 0 Å². The topological polar surface area (TPSA) is 27.7 Å². The fourth-order valence-electron chi connectivity index (χ4n) is 4.46. The highest BCUT2D eigenvalue weighted by Crippen LogP contribution is 2.60. The maximum absolute atomic E-state index is 6.09. The van der Waals surface area contributed by atoms with Gasteiger partial charge in [0.15, 0.2) is 6.79 Å². The lowest BCUT2D eigenvalue weighted by atomic mass is 9.65. The summed E-state index contributed by atoms with van der Waals surface area (Å²) in [5.74, 6) is -0.641. The summed E-state index contributed by atoms with van der Waals surface area (Å²) in [6.45, 7) is 0.244. The number of hydrogen-bond acceptors (Lipinski definition) is 3. The van der Waals surface area contributed by atoms with Gasteiger partial charge in [-0.15, -0.1) is 0 Å². The molecule has 1 aromatic carbocycles. The maximum atomic E-state index is 6.09. The molecule has 1 heterocycles. The summed E-state index contributed by atoms with van der Waals surface area (Å²) in [6.07, 6.45) is 10.6. The molecule has 2 saturated carbocycles. The molecule has 3 nitrogen and oxygen atoms in total. The molecule has 0 aromatic heterocycles. The van der Waals surface area contributed by atoms with E-state index in [0.29, 0.717) is 0 Å². The minimum absolute atomic E-state index is 0.113. The van der Waals surface area contributed by atoms with Gasteiger partial charge in [-0.3, -0.25) is 0 Å². The van der Waals surface area contributed by atoms with Crippen molar-refractivity contribution in [1.29, 1.82) is 0 Å². The fraction of sp³-hybridized carbons (Fsp3) is 0.556. The van der Waals surface area contributed by atoms with Crippen LogP contribution in [0.3, 0.4) is 0 Å². The lowest BCUT2D eigenvalue weighted by Crippen LogP contribution is -2.51. The molecule has 3 heteroatoms. The molecule has 112 valence electrons. The summed E-state index contributed by atoms with van der Waals surface area (Å²) in [7, 11) is 0. The molecule has 1 aromatic rings. The first-order valence-electron chi connectivity index (χ1n) is 8.05.